The summed E-state index contributed by atoms with van der Waals surface area (Å²) in [7, 11) is 1.64. The van der Waals surface area contributed by atoms with E-state index in [1.54, 1.807) is 7.11 Å². The van der Waals surface area contributed by atoms with Crippen LogP contribution in [0.15, 0.2) is 36.7 Å². The van der Waals surface area contributed by atoms with Gasteiger partial charge in [-0.25, -0.2) is 4.98 Å². The number of methoxy groups -OCH3 is 1. The second kappa shape index (κ2) is 7.84. The zero-order valence-electron chi connectivity index (χ0n) is 13.2. The molecule has 4 heteroatoms. The second-order valence-corrected chi connectivity index (χ2v) is 5.19. The summed E-state index contributed by atoms with van der Waals surface area (Å²) >= 11 is 0. The minimum absolute atomic E-state index is 0.444. The molecule has 0 spiro atoms. The van der Waals surface area contributed by atoms with Crippen LogP contribution >= 0.6 is 0 Å². The molecule has 0 radical (unpaired) electrons. The van der Waals surface area contributed by atoms with Crippen molar-refractivity contribution in [3.8, 4) is 5.88 Å². The van der Waals surface area contributed by atoms with Crippen molar-refractivity contribution in [3.05, 3.63) is 47.9 Å². The van der Waals surface area contributed by atoms with Crippen LogP contribution in [0.4, 0.5) is 0 Å². The summed E-state index contributed by atoms with van der Waals surface area (Å²) in [5.41, 5.74) is 2.36. The Morgan fingerprint density at radius 3 is 2.86 bits per heavy atom. The first-order valence-electron chi connectivity index (χ1n) is 7.65. The standard InChI is InChI=1S/C17H25N3O/c1-4-7-16(18-5-2)14-10-11-20(12-14)13-15-8-6-9-17(19-15)21-3/h6,8-12,16,18H,4-5,7,13H2,1-3H3. The summed E-state index contributed by atoms with van der Waals surface area (Å²) in [6.45, 7) is 6.14. The highest BCUT2D eigenvalue weighted by Crippen LogP contribution is 2.19. The number of pyridine rings is 1. The van der Waals surface area contributed by atoms with E-state index in [1.165, 1.54) is 12.0 Å². The van der Waals surface area contributed by atoms with Gasteiger partial charge in [-0.2, -0.15) is 0 Å². The fraction of sp³-hybridized carbons (Fsp3) is 0.471. The number of hydrogen-bond donors (Lipinski definition) is 1. The van der Waals surface area contributed by atoms with E-state index in [9.17, 15) is 0 Å². The lowest BCUT2D eigenvalue weighted by Crippen LogP contribution is -2.20. The molecule has 0 aliphatic heterocycles. The molecule has 0 fully saturated rings. The molecule has 2 aromatic rings. The van der Waals surface area contributed by atoms with Crippen LogP contribution in [0.25, 0.3) is 0 Å². The van der Waals surface area contributed by atoms with Crippen LogP contribution in [-0.4, -0.2) is 23.2 Å². The Labute approximate surface area is 127 Å². The molecule has 1 atom stereocenters. The zero-order valence-corrected chi connectivity index (χ0v) is 13.2. The molecule has 0 bridgehead atoms. The van der Waals surface area contributed by atoms with E-state index in [0.717, 1.165) is 25.2 Å². The molecular weight excluding hydrogens is 262 g/mol. The van der Waals surface area contributed by atoms with Gasteiger partial charge in [0.25, 0.3) is 0 Å². The van der Waals surface area contributed by atoms with E-state index < -0.39 is 0 Å². The van der Waals surface area contributed by atoms with Crippen molar-refractivity contribution in [2.45, 2.75) is 39.3 Å². The predicted molar refractivity (Wildman–Crippen MR) is 85.6 cm³/mol. The van der Waals surface area contributed by atoms with Gasteiger partial charge in [0, 0.05) is 24.5 Å². The van der Waals surface area contributed by atoms with Gasteiger partial charge < -0.3 is 14.6 Å². The van der Waals surface area contributed by atoms with Gasteiger partial charge in [-0.3, -0.25) is 0 Å². The highest BCUT2D eigenvalue weighted by Gasteiger charge is 2.10. The third-order valence-electron chi connectivity index (χ3n) is 3.54. The molecular formula is C17H25N3O. The number of hydrogen-bond acceptors (Lipinski definition) is 3. The average Bonchev–Trinajstić information content (AvgIpc) is 2.95. The van der Waals surface area contributed by atoms with Crippen LogP contribution in [0.3, 0.4) is 0 Å². The van der Waals surface area contributed by atoms with Crippen molar-refractivity contribution in [1.29, 1.82) is 0 Å². The highest BCUT2D eigenvalue weighted by atomic mass is 16.5. The molecule has 0 amide bonds. The van der Waals surface area contributed by atoms with E-state index in [2.05, 4.69) is 47.2 Å². The van der Waals surface area contributed by atoms with Crippen molar-refractivity contribution in [3.63, 3.8) is 0 Å². The monoisotopic (exact) mass is 287 g/mol. The maximum atomic E-state index is 5.17. The van der Waals surface area contributed by atoms with E-state index in [-0.39, 0.29) is 0 Å². The van der Waals surface area contributed by atoms with Crippen LogP contribution in [0.5, 0.6) is 5.88 Å². The Hall–Kier alpha value is -1.81. The van der Waals surface area contributed by atoms with Gasteiger partial charge >= 0.3 is 0 Å². The molecule has 0 aromatic carbocycles. The van der Waals surface area contributed by atoms with Crippen LogP contribution in [0.2, 0.25) is 0 Å². The van der Waals surface area contributed by atoms with E-state index in [1.807, 2.05) is 18.2 Å². The van der Waals surface area contributed by atoms with Crippen molar-refractivity contribution in [2.24, 2.45) is 0 Å². The molecule has 0 saturated carbocycles. The molecule has 0 aliphatic carbocycles. The van der Waals surface area contributed by atoms with Crippen LogP contribution in [-0.2, 0) is 6.54 Å². The van der Waals surface area contributed by atoms with E-state index in [4.69, 9.17) is 4.74 Å². The fourth-order valence-corrected chi connectivity index (χ4v) is 2.53. The number of nitrogens with zero attached hydrogens (tertiary/aromatic N) is 2. The first kappa shape index (κ1) is 15.6. The number of rotatable bonds is 8. The predicted octanol–water partition coefficient (Wildman–Crippen LogP) is 3.39. The molecule has 1 N–H and O–H groups in total. The van der Waals surface area contributed by atoms with Crippen molar-refractivity contribution < 1.29 is 4.74 Å². The summed E-state index contributed by atoms with van der Waals surface area (Å²) in [6.07, 6.45) is 6.68. The normalized spacial score (nSPS) is 12.3. The molecule has 4 nitrogen and oxygen atoms in total. The molecule has 21 heavy (non-hydrogen) atoms. The van der Waals surface area contributed by atoms with Crippen LogP contribution < -0.4 is 10.1 Å². The minimum atomic E-state index is 0.444. The lowest BCUT2D eigenvalue weighted by molar-refractivity contribution is 0.396. The highest BCUT2D eigenvalue weighted by molar-refractivity contribution is 5.19. The Morgan fingerprint density at radius 1 is 1.29 bits per heavy atom. The van der Waals surface area contributed by atoms with Gasteiger partial charge in [0.15, 0.2) is 0 Å². The number of nitrogens with one attached hydrogen (secondary N) is 1. The summed E-state index contributed by atoms with van der Waals surface area (Å²) in [5, 5.41) is 3.55. The van der Waals surface area contributed by atoms with Crippen molar-refractivity contribution in [2.75, 3.05) is 13.7 Å². The molecule has 2 rings (SSSR count). The first-order valence-corrected chi connectivity index (χ1v) is 7.65. The van der Waals surface area contributed by atoms with Gasteiger partial charge in [-0.1, -0.05) is 26.3 Å². The third-order valence-corrected chi connectivity index (χ3v) is 3.54. The largest absolute Gasteiger partial charge is 0.481 e. The Kier molecular flexibility index (Phi) is 5.81. The Morgan fingerprint density at radius 2 is 2.14 bits per heavy atom. The number of aromatic nitrogens is 2. The van der Waals surface area contributed by atoms with Crippen LogP contribution in [0.1, 0.15) is 44.0 Å². The van der Waals surface area contributed by atoms with Gasteiger partial charge in [-0.15, -0.1) is 0 Å². The molecule has 114 valence electrons. The minimum Gasteiger partial charge on any atom is -0.481 e. The Bertz CT molecular complexity index is 544. The summed E-state index contributed by atoms with van der Waals surface area (Å²) in [6, 6.07) is 8.51. The number of ether oxygens (including phenoxy) is 1. The average molecular weight is 287 g/mol. The van der Waals surface area contributed by atoms with Crippen molar-refractivity contribution in [1.82, 2.24) is 14.9 Å². The van der Waals surface area contributed by atoms with Gasteiger partial charge in [0.1, 0.15) is 0 Å². The second-order valence-electron chi connectivity index (χ2n) is 5.19. The van der Waals surface area contributed by atoms with Gasteiger partial charge in [0.2, 0.25) is 5.88 Å². The smallest absolute Gasteiger partial charge is 0.213 e. The lowest BCUT2D eigenvalue weighted by atomic mass is 10.1. The van der Waals surface area contributed by atoms with E-state index >= 15 is 0 Å². The topological polar surface area (TPSA) is 39.1 Å². The third kappa shape index (κ3) is 4.33. The molecule has 2 aromatic heterocycles. The van der Waals surface area contributed by atoms with Crippen LogP contribution in [0, 0.1) is 0 Å². The van der Waals surface area contributed by atoms with Gasteiger partial charge in [-0.05, 0) is 30.7 Å². The first-order chi connectivity index (χ1) is 10.3. The summed E-state index contributed by atoms with van der Waals surface area (Å²) < 4.78 is 7.35. The van der Waals surface area contributed by atoms with Gasteiger partial charge in [0.05, 0.1) is 19.3 Å². The SMILES string of the molecule is CCCC(NCC)c1ccn(Cc2cccc(OC)n2)c1. The lowest BCUT2D eigenvalue weighted by Gasteiger charge is -2.15. The molecule has 0 saturated heterocycles. The molecule has 2 heterocycles. The molecule has 0 aliphatic rings. The maximum absolute atomic E-state index is 5.17. The summed E-state index contributed by atoms with van der Waals surface area (Å²) in [4.78, 5) is 4.45. The van der Waals surface area contributed by atoms with Crippen molar-refractivity contribution >= 4 is 0 Å². The Balaban J connectivity index is 2.07. The maximum Gasteiger partial charge on any atom is 0.213 e. The van der Waals surface area contributed by atoms with E-state index in [0.29, 0.717) is 11.9 Å². The summed E-state index contributed by atoms with van der Waals surface area (Å²) in [5.74, 6) is 0.663. The fourth-order valence-electron chi connectivity index (χ4n) is 2.53. The quantitative estimate of drug-likeness (QED) is 0.809. The zero-order chi connectivity index (χ0) is 15.1. The molecule has 1 unspecified atom stereocenters.